The lowest BCUT2D eigenvalue weighted by Gasteiger charge is -2.13. The third-order valence-corrected chi connectivity index (χ3v) is 4.99. The third-order valence-electron chi connectivity index (χ3n) is 4.99. The number of amides is 1. The zero-order valence-corrected chi connectivity index (χ0v) is 16.4. The number of hydrogen-bond donors (Lipinski definition) is 2. The summed E-state index contributed by atoms with van der Waals surface area (Å²) < 4.78 is 13.3. The van der Waals surface area contributed by atoms with Crippen LogP contribution in [0.25, 0.3) is 22.2 Å². The average molecular weight is 400 g/mol. The van der Waals surface area contributed by atoms with E-state index in [1.54, 1.807) is 0 Å². The minimum Gasteiger partial charge on any atom is -0.350 e. The van der Waals surface area contributed by atoms with Crippen LogP contribution >= 0.6 is 12.4 Å². The Bertz CT molecular complexity index is 977. The van der Waals surface area contributed by atoms with Gasteiger partial charge in [-0.1, -0.05) is 48.0 Å². The summed E-state index contributed by atoms with van der Waals surface area (Å²) in [5.74, 6) is -0.161. The molecule has 0 saturated carbocycles. The number of halogens is 2. The van der Waals surface area contributed by atoms with E-state index in [1.807, 2.05) is 61.5 Å². The minimum absolute atomic E-state index is 0. The average Bonchev–Trinajstić information content (AvgIpc) is 3.11. The number of hydrogen-bond acceptors (Lipinski definition) is 3. The van der Waals surface area contributed by atoms with Crippen LogP contribution in [0.3, 0.4) is 0 Å². The monoisotopic (exact) mass is 399 g/mol. The Morgan fingerprint density at radius 3 is 2.68 bits per heavy atom. The molecular weight excluding hydrogens is 377 g/mol. The van der Waals surface area contributed by atoms with E-state index in [0.717, 1.165) is 22.2 Å². The van der Waals surface area contributed by atoms with Crippen molar-refractivity contribution in [1.29, 1.82) is 0 Å². The van der Waals surface area contributed by atoms with Crippen molar-refractivity contribution in [3.05, 3.63) is 65.7 Å². The highest BCUT2D eigenvalue weighted by atomic mass is 35.5. The van der Waals surface area contributed by atoms with Crippen molar-refractivity contribution in [1.82, 2.24) is 15.6 Å². The summed E-state index contributed by atoms with van der Waals surface area (Å²) in [6.45, 7) is 2.81. The SMILES string of the molecule is Cc1ccc(-c2cc(C(=O)NC[C@@H]3C[C@H](F)CN3)c3ccccc3n2)cc1.Cl. The molecule has 0 aliphatic carbocycles. The quantitative estimate of drug-likeness (QED) is 0.695. The highest BCUT2D eigenvalue weighted by Gasteiger charge is 2.24. The fraction of sp³-hybridized carbons (Fsp3) is 0.273. The van der Waals surface area contributed by atoms with Gasteiger partial charge >= 0.3 is 0 Å². The van der Waals surface area contributed by atoms with E-state index in [-0.39, 0.29) is 24.4 Å². The van der Waals surface area contributed by atoms with Crippen LogP contribution in [0, 0.1) is 6.92 Å². The van der Waals surface area contributed by atoms with Gasteiger partial charge in [-0.25, -0.2) is 9.37 Å². The molecule has 6 heteroatoms. The maximum atomic E-state index is 13.3. The fourth-order valence-electron chi connectivity index (χ4n) is 3.47. The molecule has 1 amide bonds. The number of nitrogens with one attached hydrogen (secondary N) is 2. The van der Waals surface area contributed by atoms with Crippen LogP contribution in [0.15, 0.2) is 54.6 Å². The maximum absolute atomic E-state index is 13.3. The van der Waals surface area contributed by atoms with Crippen LogP contribution in [0.4, 0.5) is 4.39 Å². The number of alkyl halides is 1. The number of aromatic nitrogens is 1. The largest absolute Gasteiger partial charge is 0.350 e. The first kappa shape index (κ1) is 20.2. The van der Waals surface area contributed by atoms with Gasteiger partial charge in [-0.15, -0.1) is 12.4 Å². The molecular formula is C22H23ClFN3O. The first-order valence-electron chi connectivity index (χ1n) is 9.22. The molecule has 4 nitrogen and oxygen atoms in total. The van der Waals surface area contributed by atoms with E-state index in [9.17, 15) is 9.18 Å². The molecule has 1 aliphatic heterocycles. The minimum atomic E-state index is -0.832. The summed E-state index contributed by atoms with van der Waals surface area (Å²) in [7, 11) is 0. The maximum Gasteiger partial charge on any atom is 0.252 e. The molecule has 0 spiro atoms. The van der Waals surface area contributed by atoms with Crippen LogP contribution in [-0.2, 0) is 0 Å². The zero-order valence-electron chi connectivity index (χ0n) is 15.6. The molecule has 2 aromatic carbocycles. The molecule has 2 atom stereocenters. The highest BCUT2D eigenvalue weighted by Crippen LogP contribution is 2.25. The van der Waals surface area contributed by atoms with Gasteiger partial charge in [0.15, 0.2) is 0 Å². The second-order valence-electron chi connectivity index (χ2n) is 7.09. The Morgan fingerprint density at radius 2 is 1.96 bits per heavy atom. The number of para-hydroxylation sites is 1. The number of carbonyl (C=O) groups excluding carboxylic acids is 1. The van der Waals surface area contributed by atoms with Gasteiger partial charge < -0.3 is 10.6 Å². The summed E-state index contributed by atoms with van der Waals surface area (Å²) in [5.41, 5.74) is 4.28. The molecule has 1 saturated heterocycles. The second-order valence-corrected chi connectivity index (χ2v) is 7.09. The molecule has 2 heterocycles. The molecule has 4 rings (SSSR count). The number of fused-ring (bicyclic) bond motifs is 1. The van der Waals surface area contributed by atoms with Gasteiger partial charge in [-0.3, -0.25) is 4.79 Å². The van der Waals surface area contributed by atoms with E-state index in [1.165, 1.54) is 5.56 Å². The van der Waals surface area contributed by atoms with Crippen LogP contribution < -0.4 is 10.6 Å². The number of benzene rings is 2. The lowest BCUT2D eigenvalue weighted by molar-refractivity contribution is 0.0951. The van der Waals surface area contributed by atoms with Gasteiger partial charge in [0.2, 0.25) is 0 Å². The fourth-order valence-corrected chi connectivity index (χ4v) is 3.47. The number of pyridine rings is 1. The molecule has 1 fully saturated rings. The van der Waals surface area contributed by atoms with Crippen molar-refractivity contribution in [2.24, 2.45) is 0 Å². The lowest BCUT2D eigenvalue weighted by atomic mass is 10.0. The molecule has 146 valence electrons. The van der Waals surface area contributed by atoms with Crippen LogP contribution in [0.5, 0.6) is 0 Å². The first-order valence-corrected chi connectivity index (χ1v) is 9.22. The van der Waals surface area contributed by atoms with E-state index in [2.05, 4.69) is 10.6 Å². The number of nitrogens with zero attached hydrogens (tertiary/aromatic N) is 1. The van der Waals surface area contributed by atoms with Crippen LogP contribution in [0.2, 0.25) is 0 Å². The Balaban J connectivity index is 0.00000225. The van der Waals surface area contributed by atoms with Gasteiger partial charge in [0.25, 0.3) is 5.91 Å². The smallest absolute Gasteiger partial charge is 0.252 e. The number of carbonyl (C=O) groups is 1. The van der Waals surface area contributed by atoms with Crippen molar-refractivity contribution in [3.8, 4) is 11.3 Å². The Hall–Kier alpha value is -2.50. The molecule has 0 unspecified atom stereocenters. The molecule has 1 aromatic heterocycles. The highest BCUT2D eigenvalue weighted by molar-refractivity contribution is 6.07. The Labute approximate surface area is 170 Å². The van der Waals surface area contributed by atoms with Gasteiger partial charge in [0.05, 0.1) is 16.8 Å². The standard InChI is InChI=1S/C22H22FN3O.ClH/c1-14-6-8-15(9-7-14)21-11-19(18-4-2-3-5-20(18)26-21)22(27)25-13-17-10-16(23)12-24-17;/h2-9,11,16-17,24H,10,12-13H2,1H3,(H,25,27);1H/t16-,17-;/m0./s1. The van der Waals surface area contributed by atoms with Crippen LogP contribution in [-0.4, -0.2) is 36.2 Å². The number of rotatable bonds is 4. The molecule has 3 aromatic rings. The predicted octanol–water partition coefficient (Wildman–Crippen LogP) is 4.06. The topological polar surface area (TPSA) is 54.0 Å². The van der Waals surface area contributed by atoms with Gasteiger partial charge in [0, 0.05) is 30.1 Å². The van der Waals surface area contributed by atoms with Crippen molar-refractivity contribution >= 4 is 29.2 Å². The third kappa shape index (κ3) is 4.32. The summed E-state index contributed by atoms with van der Waals surface area (Å²) in [6, 6.07) is 17.5. The normalized spacial score (nSPS) is 18.6. The summed E-state index contributed by atoms with van der Waals surface area (Å²) >= 11 is 0. The first-order chi connectivity index (χ1) is 13.1. The molecule has 2 N–H and O–H groups in total. The van der Waals surface area contributed by atoms with Gasteiger partial charge in [0.1, 0.15) is 6.17 Å². The Kier molecular flexibility index (Phi) is 6.27. The second kappa shape index (κ2) is 8.67. The van der Waals surface area contributed by atoms with Crippen molar-refractivity contribution in [2.45, 2.75) is 25.6 Å². The van der Waals surface area contributed by atoms with Crippen molar-refractivity contribution < 1.29 is 9.18 Å². The predicted molar refractivity (Wildman–Crippen MR) is 113 cm³/mol. The summed E-state index contributed by atoms with van der Waals surface area (Å²) in [4.78, 5) is 17.6. The zero-order chi connectivity index (χ0) is 18.8. The van der Waals surface area contributed by atoms with Crippen molar-refractivity contribution in [3.63, 3.8) is 0 Å². The van der Waals surface area contributed by atoms with E-state index < -0.39 is 6.17 Å². The summed E-state index contributed by atoms with van der Waals surface area (Å²) in [6.07, 6.45) is -0.395. The molecule has 0 bridgehead atoms. The number of aryl methyl sites for hydroxylation is 1. The van der Waals surface area contributed by atoms with E-state index in [0.29, 0.717) is 25.1 Å². The van der Waals surface area contributed by atoms with Gasteiger partial charge in [-0.05, 0) is 25.5 Å². The molecule has 1 aliphatic rings. The van der Waals surface area contributed by atoms with E-state index in [4.69, 9.17) is 4.98 Å². The van der Waals surface area contributed by atoms with Crippen LogP contribution in [0.1, 0.15) is 22.3 Å². The van der Waals surface area contributed by atoms with Gasteiger partial charge in [-0.2, -0.15) is 0 Å². The van der Waals surface area contributed by atoms with E-state index >= 15 is 0 Å². The molecule has 28 heavy (non-hydrogen) atoms. The Morgan fingerprint density at radius 1 is 1.21 bits per heavy atom. The van der Waals surface area contributed by atoms with Crippen molar-refractivity contribution in [2.75, 3.05) is 13.1 Å². The summed E-state index contributed by atoms with van der Waals surface area (Å²) in [5, 5.41) is 6.85. The lowest BCUT2D eigenvalue weighted by Crippen LogP contribution is -2.37. The molecule has 0 radical (unpaired) electrons.